The van der Waals surface area contributed by atoms with Crippen LogP contribution in [0.1, 0.15) is 69.5 Å². The molecule has 1 saturated heterocycles. The van der Waals surface area contributed by atoms with Crippen LogP contribution >= 0.6 is 0 Å². The van der Waals surface area contributed by atoms with Gasteiger partial charge in [0, 0.05) is 51.9 Å². The Kier molecular flexibility index (Phi) is 10.6. The smallest absolute Gasteiger partial charge is 0.253 e. The average molecular weight is 512 g/mol. The van der Waals surface area contributed by atoms with Gasteiger partial charge in [0.25, 0.3) is 10.9 Å². The molecule has 2 fully saturated rings. The zero-order valence-corrected chi connectivity index (χ0v) is 22.7. The topological polar surface area (TPSA) is 79.9 Å². The molecular weight excluding hydrogens is 466 g/mol. The number of rotatable bonds is 14. The molecule has 0 radical (unpaired) electrons. The van der Waals surface area contributed by atoms with Crippen molar-refractivity contribution >= 4 is 11.4 Å². The molecule has 1 heterocycles. The summed E-state index contributed by atoms with van der Waals surface area (Å²) in [5.74, 6) is 0.932. The molecule has 7 heteroatoms. The quantitative estimate of drug-likeness (QED) is 0.290. The summed E-state index contributed by atoms with van der Waals surface area (Å²) in [4.78, 5) is 27.7. The number of ether oxygens (including phenoxy) is 2. The van der Waals surface area contributed by atoms with Crippen molar-refractivity contribution in [3.05, 3.63) is 56.3 Å². The number of benzene rings is 1. The van der Waals surface area contributed by atoms with Crippen LogP contribution in [0.5, 0.6) is 0 Å². The van der Waals surface area contributed by atoms with E-state index in [1.54, 1.807) is 7.11 Å². The summed E-state index contributed by atoms with van der Waals surface area (Å²) in [6.45, 7) is 3.58. The van der Waals surface area contributed by atoms with Gasteiger partial charge in [0.2, 0.25) is 0 Å². The van der Waals surface area contributed by atoms with Crippen LogP contribution < -0.4 is 26.4 Å². The van der Waals surface area contributed by atoms with Crippen LogP contribution in [-0.2, 0) is 9.47 Å². The van der Waals surface area contributed by atoms with E-state index in [2.05, 4.69) is 27.7 Å². The van der Waals surface area contributed by atoms with Crippen molar-refractivity contribution in [2.24, 2.45) is 11.8 Å². The lowest BCUT2D eigenvalue weighted by Crippen LogP contribution is -2.49. The Labute approximate surface area is 221 Å². The highest BCUT2D eigenvalue weighted by molar-refractivity contribution is 5.75. The van der Waals surface area contributed by atoms with Crippen molar-refractivity contribution in [3.63, 3.8) is 0 Å². The minimum Gasteiger partial charge on any atom is -0.385 e. The molecule has 2 N–H and O–H groups in total. The maximum absolute atomic E-state index is 12.8. The Bertz CT molecular complexity index is 1010. The van der Waals surface area contributed by atoms with Crippen molar-refractivity contribution in [2.45, 2.75) is 69.9 Å². The molecule has 37 heavy (non-hydrogen) atoms. The maximum atomic E-state index is 12.8. The zero-order valence-electron chi connectivity index (χ0n) is 22.7. The number of hydrogen-bond acceptors (Lipinski definition) is 7. The van der Waals surface area contributed by atoms with Crippen LogP contribution in [0.2, 0.25) is 0 Å². The molecule has 2 aromatic rings. The van der Waals surface area contributed by atoms with E-state index in [1.807, 2.05) is 25.2 Å². The van der Waals surface area contributed by atoms with E-state index < -0.39 is 0 Å². The average Bonchev–Trinajstić information content (AvgIpc) is 2.94. The number of methoxy groups -OCH3 is 1. The van der Waals surface area contributed by atoms with Crippen molar-refractivity contribution < 1.29 is 9.47 Å². The van der Waals surface area contributed by atoms with Gasteiger partial charge in [0.1, 0.15) is 11.4 Å². The fourth-order valence-electron chi connectivity index (χ4n) is 6.31. The lowest BCUT2D eigenvalue weighted by Gasteiger charge is -2.39. The second kappa shape index (κ2) is 14.1. The molecule has 0 aromatic heterocycles. The van der Waals surface area contributed by atoms with Crippen LogP contribution in [0.3, 0.4) is 0 Å². The largest absolute Gasteiger partial charge is 0.385 e. The van der Waals surface area contributed by atoms with Crippen LogP contribution in [-0.4, -0.2) is 53.0 Å². The summed E-state index contributed by atoms with van der Waals surface area (Å²) in [5, 5.41) is 6.79. The Balaban J connectivity index is 1.47. The lowest BCUT2D eigenvalue weighted by atomic mass is 9.84. The number of piperidine rings is 1. The van der Waals surface area contributed by atoms with E-state index in [4.69, 9.17) is 9.47 Å². The van der Waals surface area contributed by atoms with E-state index >= 15 is 0 Å². The van der Waals surface area contributed by atoms with Crippen LogP contribution in [0, 0.1) is 11.8 Å². The highest BCUT2D eigenvalue weighted by atomic mass is 16.5. The predicted molar refractivity (Wildman–Crippen MR) is 150 cm³/mol. The van der Waals surface area contributed by atoms with E-state index in [0.717, 1.165) is 44.3 Å². The minimum absolute atomic E-state index is 0.0490. The SMILES string of the molecule is CNCC(CC1CCCCC1)Nc1c(N2CCCC(C(OCCCOC)c3ccccc3)C2)c(=O)c1=O. The number of hydrogen-bond donors (Lipinski definition) is 2. The number of nitrogens with one attached hydrogen (secondary N) is 2. The minimum atomic E-state index is -0.364. The van der Waals surface area contributed by atoms with Crippen molar-refractivity contribution in [2.75, 3.05) is 57.2 Å². The fraction of sp³-hybridized carbons (Fsp3) is 0.667. The summed E-state index contributed by atoms with van der Waals surface area (Å²) in [7, 11) is 3.66. The summed E-state index contributed by atoms with van der Waals surface area (Å²) in [6.07, 6.45) is 10.3. The first-order valence-electron chi connectivity index (χ1n) is 14.3. The molecular formula is C30H45N3O4. The summed E-state index contributed by atoms with van der Waals surface area (Å²) < 4.78 is 11.6. The van der Waals surface area contributed by atoms with E-state index in [-0.39, 0.29) is 28.9 Å². The maximum Gasteiger partial charge on any atom is 0.253 e. The Morgan fingerprint density at radius 2 is 1.78 bits per heavy atom. The Morgan fingerprint density at radius 1 is 1.00 bits per heavy atom. The zero-order chi connectivity index (χ0) is 26.0. The Morgan fingerprint density at radius 3 is 2.51 bits per heavy atom. The molecule has 3 atom stereocenters. The van der Waals surface area contributed by atoms with Crippen molar-refractivity contribution in [1.82, 2.24) is 5.32 Å². The van der Waals surface area contributed by atoms with Crippen LogP contribution in [0.15, 0.2) is 39.9 Å². The second-order valence-corrected chi connectivity index (χ2v) is 10.9. The van der Waals surface area contributed by atoms with Gasteiger partial charge in [0.05, 0.1) is 6.10 Å². The molecule has 2 aliphatic rings. The van der Waals surface area contributed by atoms with Gasteiger partial charge < -0.3 is 25.0 Å². The van der Waals surface area contributed by atoms with E-state index in [9.17, 15) is 9.59 Å². The molecule has 7 nitrogen and oxygen atoms in total. The third-order valence-corrected chi connectivity index (χ3v) is 8.15. The molecule has 0 bridgehead atoms. The monoisotopic (exact) mass is 511 g/mol. The van der Waals surface area contributed by atoms with Crippen molar-refractivity contribution in [1.29, 1.82) is 0 Å². The first-order valence-corrected chi connectivity index (χ1v) is 14.3. The summed E-state index contributed by atoms with van der Waals surface area (Å²) in [6, 6.07) is 10.5. The fourth-order valence-corrected chi connectivity index (χ4v) is 6.31. The highest BCUT2D eigenvalue weighted by Gasteiger charge is 2.34. The Hall–Kier alpha value is -2.22. The molecule has 0 amide bonds. The van der Waals surface area contributed by atoms with Gasteiger partial charge in [-0.25, -0.2) is 0 Å². The van der Waals surface area contributed by atoms with Crippen LogP contribution in [0.4, 0.5) is 11.4 Å². The highest BCUT2D eigenvalue weighted by Crippen LogP contribution is 2.36. The van der Waals surface area contributed by atoms with Crippen molar-refractivity contribution in [3.8, 4) is 0 Å². The van der Waals surface area contributed by atoms with E-state index in [0.29, 0.717) is 37.1 Å². The summed E-state index contributed by atoms with van der Waals surface area (Å²) >= 11 is 0. The molecule has 4 rings (SSSR count). The van der Waals surface area contributed by atoms with Gasteiger partial charge in [-0.1, -0.05) is 62.4 Å². The molecule has 0 spiro atoms. The molecule has 1 aliphatic carbocycles. The normalized spacial score (nSPS) is 20.7. The molecule has 204 valence electrons. The molecule has 2 aromatic carbocycles. The van der Waals surface area contributed by atoms with Gasteiger partial charge in [-0.2, -0.15) is 0 Å². The third kappa shape index (κ3) is 7.21. The molecule has 1 saturated carbocycles. The van der Waals surface area contributed by atoms with Gasteiger partial charge in [-0.3, -0.25) is 9.59 Å². The molecule has 1 aliphatic heterocycles. The lowest BCUT2D eigenvalue weighted by molar-refractivity contribution is -0.00235. The predicted octanol–water partition coefficient (Wildman–Crippen LogP) is 4.26. The second-order valence-electron chi connectivity index (χ2n) is 10.9. The first-order chi connectivity index (χ1) is 18.1. The van der Waals surface area contributed by atoms with Crippen LogP contribution in [0.25, 0.3) is 0 Å². The van der Waals surface area contributed by atoms with Gasteiger partial charge in [-0.05, 0) is 44.2 Å². The number of anilines is 2. The number of nitrogens with zero attached hydrogens (tertiary/aromatic N) is 1. The van der Waals surface area contributed by atoms with Gasteiger partial charge >= 0.3 is 0 Å². The first kappa shape index (κ1) is 27.8. The van der Waals surface area contributed by atoms with Gasteiger partial charge in [-0.15, -0.1) is 0 Å². The number of likely N-dealkylation sites (N-methyl/N-ethyl adjacent to an activating group) is 1. The van der Waals surface area contributed by atoms with E-state index in [1.165, 1.54) is 32.1 Å². The van der Waals surface area contributed by atoms with Gasteiger partial charge in [0.15, 0.2) is 0 Å². The standard InChI is InChI=1S/C30H45N3O4/c1-31-20-25(19-22-11-5-3-6-12-22)32-26-27(29(35)28(26)34)33-16-9-15-24(21-33)30(37-18-10-17-36-2)23-13-7-4-8-14-23/h4,7-8,13-14,22,24-25,30-32H,3,5-6,9-12,15-21H2,1-2H3. The third-order valence-electron chi connectivity index (χ3n) is 8.15. The summed E-state index contributed by atoms with van der Waals surface area (Å²) in [5.41, 5.74) is 1.57. The molecule has 3 unspecified atom stereocenters.